The zero-order valence-electron chi connectivity index (χ0n) is 11.7. The number of benzene rings is 1. The lowest BCUT2D eigenvalue weighted by Crippen LogP contribution is -2.22. The number of carboxylic acids is 1. The van der Waals surface area contributed by atoms with E-state index in [1.54, 1.807) is 6.08 Å². The van der Waals surface area contributed by atoms with Crippen molar-refractivity contribution >= 4 is 11.7 Å². The molecule has 0 unspecified atom stereocenters. The van der Waals surface area contributed by atoms with Gasteiger partial charge in [-0.1, -0.05) is 38.1 Å². The van der Waals surface area contributed by atoms with E-state index in [1.807, 2.05) is 30.1 Å². The highest BCUT2D eigenvalue weighted by Crippen LogP contribution is 2.46. The van der Waals surface area contributed by atoms with Crippen LogP contribution in [0.15, 0.2) is 47.8 Å². The van der Waals surface area contributed by atoms with Crippen LogP contribution < -0.4 is 4.90 Å². The largest absolute Gasteiger partial charge is 0.486 e. The van der Waals surface area contributed by atoms with Gasteiger partial charge < -0.3 is 10.0 Å². The lowest BCUT2D eigenvalue weighted by Gasteiger charge is -2.23. The minimum absolute atomic E-state index is 0.215. The van der Waals surface area contributed by atoms with E-state index >= 15 is 0 Å². The SMILES string of the molecule is [C-]#[N+]C(=CC=C1N(C)c2ccccc2C1(C)C)C(=O)O. The van der Waals surface area contributed by atoms with Crippen molar-refractivity contribution in [3.63, 3.8) is 0 Å². The fraction of sp³-hybridized carbons (Fsp3) is 0.250. The zero-order valence-corrected chi connectivity index (χ0v) is 11.7. The second kappa shape index (κ2) is 4.86. The average molecular weight is 268 g/mol. The first-order valence-electron chi connectivity index (χ1n) is 6.26. The smallest absolute Gasteiger partial charge is 0.333 e. The lowest BCUT2D eigenvalue weighted by atomic mass is 9.84. The molecular formula is C16H16N2O2. The third kappa shape index (κ3) is 2.08. The predicted molar refractivity (Wildman–Crippen MR) is 78.3 cm³/mol. The molecule has 1 heterocycles. The first kappa shape index (κ1) is 13.9. The molecular weight excluding hydrogens is 252 g/mol. The van der Waals surface area contributed by atoms with Crippen LogP contribution in [-0.4, -0.2) is 18.1 Å². The molecule has 0 aromatic heterocycles. The normalized spacial score (nSPS) is 18.8. The highest BCUT2D eigenvalue weighted by molar-refractivity contribution is 5.89. The number of carbonyl (C=O) groups is 1. The van der Waals surface area contributed by atoms with Gasteiger partial charge >= 0.3 is 5.97 Å². The number of fused-ring (bicyclic) bond motifs is 1. The number of hydrogen-bond donors (Lipinski definition) is 1. The number of allylic oxidation sites excluding steroid dienone is 3. The van der Waals surface area contributed by atoms with Crippen LogP contribution in [0.5, 0.6) is 0 Å². The first-order chi connectivity index (χ1) is 9.39. The quantitative estimate of drug-likeness (QED) is 0.662. The Balaban J connectivity index is 2.51. The summed E-state index contributed by atoms with van der Waals surface area (Å²) in [6.07, 6.45) is 3.09. The molecule has 0 radical (unpaired) electrons. The van der Waals surface area contributed by atoms with Gasteiger partial charge in [0.2, 0.25) is 0 Å². The van der Waals surface area contributed by atoms with Gasteiger partial charge in [-0.2, -0.15) is 0 Å². The molecule has 0 spiro atoms. The summed E-state index contributed by atoms with van der Waals surface area (Å²) in [5.74, 6) is -1.20. The summed E-state index contributed by atoms with van der Waals surface area (Å²) in [6, 6.07) is 8.08. The Labute approximate surface area is 118 Å². The summed E-state index contributed by atoms with van der Waals surface area (Å²) in [7, 11) is 1.95. The summed E-state index contributed by atoms with van der Waals surface area (Å²) in [6.45, 7) is 11.1. The summed E-state index contributed by atoms with van der Waals surface area (Å²) in [5.41, 5.74) is 2.78. The van der Waals surface area contributed by atoms with E-state index in [0.29, 0.717) is 0 Å². The maximum atomic E-state index is 10.9. The Morgan fingerprint density at radius 3 is 2.60 bits per heavy atom. The molecule has 1 aliphatic heterocycles. The molecule has 0 saturated heterocycles. The third-order valence-corrected chi connectivity index (χ3v) is 3.68. The van der Waals surface area contributed by atoms with E-state index in [4.69, 9.17) is 11.7 Å². The minimum Gasteiger partial charge on any atom is -0.486 e. The molecule has 1 N–H and O–H groups in total. The molecule has 2 rings (SSSR count). The molecule has 1 aliphatic rings. The molecule has 0 amide bonds. The molecule has 20 heavy (non-hydrogen) atoms. The van der Waals surface area contributed by atoms with Crippen LogP contribution in [0, 0.1) is 6.57 Å². The van der Waals surface area contributed by atoms with E-state index in [9.17, 15) is 4.79 Å². The Hall–Kier alpha value is -2.54. The molecule has 0 fully saturated rings. The Morgan fingerprint density at radius 1 is 1.40 bits per heavy atom. The molecule has 1 aromatic rings. The number of para-hydroxylation sites is 1. The van der Waals surface area contributed by atoms with Gasteiger partial charge in [-0.3, -0.25) is 4.79 Å². The van der Waals surface area contributed by atoms with E-state index in [0.717, 1.165) is 11.4 Å². The van der Waals surface area contributed by atoms with Crippen molar-refractivity contribution in [3.8, 4) is 0 Å². The van der Waals surface area contributed by atoms with Crippen LogP contribution in [0.25, 0.3) is 4.85 Å². The number of likely N-dealkylation sites (N-methyl/N-ethyl adjacent to an activating group) is 1. The number of rotatable bonds is 2. The first-order valence-corrected chi connectivity index (χ1v) is 6.26. The van der Waals surface area contributed by atoms with Crippen LogP contribution in [0.1, 0.15) is 19.4 Å². The van der Waals surface area contributed by atoms with Crippen molar-refractivity contribution in [3.05, 3.63) is 64.8 Å². The highest BCUT2D eigenvalue weighted by Gasteiger charge is 2.37. The second-order valence-corrected chi connectivity index (χ2v) is 5.22. The van der Waals surface area contributed by atoms with Crippen molar-refractivity contribution in [2.75, 3.05) is 11.9 Å². The topological polar surface area (TPSA) is 44.9 Å². The molecule has 1 aromatic carbocycles. The van der Waals surface area contributed by atoms with Gasteiger partial charge in [0, 0.05) is 23.8 Å². The molecule has 4 nitrogen and oxygen atoms in total. The van der Waals surface area contributed by atoms with Gasteiger partial charge in [-0.25, -0.2) is 4.85 Å². The number of aliphatic carboxylic acids is 1. The van der Waals surface area contributed by atoms with Crippen LogP contribution in [-0.2, 0) is 10.2 Å². The minimum atomic E-state index is -1.20. The van der Waals surface area contributed by atoms with Gasteiger partial charge in [0.1, 0.15) is 0 Å². The molecule has 0 saturated carbocycles. The number of hydrogen-bond acceptors (Lipinski definition) is 2. The highest BCUT2D eigenvalue weighted by atomic mass is 16.4. The van der Waals surface area contributed by atoms with E-state index in [2.05, 4.69) is 24.8 Å². The van der Waals surface area contributed by atoms with Crippen molar-refractivity contribution in [1.82, 2.24) is 0 Å². The van der Waals surface area contributed by atoms with E-state index in [1.165, 1.54) is 11.6 Å². The molecule has 102 valence electrons. The average Bonchev–Trinajstić information content (AvgIpc) is 2.60. The summed E-state index contributed by atoms with van der Waals surface area (Å²) >= 11 is 0. The lowest BCUT2D eigenvalue weighted by molar-refractivity contribution is -0.132. The third-order valence-electron chi connectivity index (χ3n) is 3.68. The zero-order chi connectivity index (χ0) is 14.9. The van der Waals surface area contributed by atoms with Gasteiger partial charge in [0.15, 0.2) is 0 Å². The van der Waals surface area contributed by atoms with Crippen LogP contribution in [0.2, 0.25) is 0 Å². The van der Waals surface area contributed by atoms with Gasteiger partial charge in [0.25, 0.3) is 5.70 Å². The van der Waals surface area contributed by atoms with Crippen molar-refractivity contribution in [1.29, 1.82) is 0 Å². The predicted octanol–water partition coefficient (Wildman–Crippen LogP) is 3.19. The van der Waals surface area contributed by atoms with Crippen molar-refractivity contribution in [2.45, 2.75) is 19.3 Å². The fourth-order valence-electron chi connectivity index (χ4n) is 2.62. The van der Waals surface area contributed by atoms with Crippen molar-refractivity contribution in [2.24, 2.45) is 0 Å². The summed E-state index contributed by atoms with van der Waals surface area (Å²) in [4.78, 5) is 15.9. The van der Waals surface area contributed by atoms with E-state index < -0.39 is 5.97 Å². The van der Waals surface area contributed by atoms with Crippen LogP contribution in [0.4, 0.5) is 5.69 Å². The standard InChI is InChI=1S/C16H16N2O2/c1-16(2)11-7-5-6-8-13(11)18(4)14(16)10-9-12(17-3)15(19)20/h5-10H,1-2,4H3,(H,19,20). The summed E-state index contributed by atoms with van der Waals surface area (Å²) < 4.78 is 0. The number of carboxylic acid groups (broad SMARTS) is 1. The van der Waals surface area contributed by atoms with Crippen LogP contribution in [0.3, 0.4) is 0 Å². The van der Waals surface area contributed by atoms with E-state index in [-0.39, 0.29) is 11.1 Å². The molecule has 4 heteroatoms. The Bertz CT molecular complexity index is 663. The summed E-state index contributed by atoms with van der Waals surface area (Å²) in [5, 5.41) is 8.89. The fourth-order valence-corrected chi connectivity index (χ4v) is 2.62. The second-order valence-electron chi connectivity index (χ2n) is 5.22. The van der Waals surface area contributed by atoms with Gasteiger partial charge in [-0.05, 0) is 17.7 Å². The molecule has 0 atom stereocenters. The van der Waals surface area contributed by atoms with Gasteiger partial charge in [-0.15, -0.1) is 0 Å². The Kier molecular flexibility index (Phi) is 3.37. The maximum absolute atomic E-state index is 10.9. The Morgan fingerprint density at radius 2 is 2.05 bits per heavy atom. The maximum Gasteiger partial charge on any atom is 0.333 e. The van der Waals surface area contributed by atoms with Crippen LogP contribution >= 0.6 is 0 Å². The number of anilines is 1. The van der Waals surface area contributed by atoms with Gasteiger partial charge in [0.05, 0.1) is 6.57 Å². The molecule has 0 bridgehead atoms. The van der Waals surface area contributed by atoms with Crippen molar-refractivity contribution < 1.29 is 9.90 Å². The monoisotopic (exact) mass is 268 g/mol. The molecule has 0 aliphatic carbocycles. The number of nitrogens with zero attached hydrogens (tertiary/aromatic N) is 2.